The molecule has 0 atom stereocenters. The molecule has 0 saturated carbocycles. The van der Waals surface area contributed by atoms with E-state index in [4.69, 9.17) is 9.68 Å². The Kier molecular flexibility index (Phi) is 3.95. The van der Waals surface area contributed by atoms with Crippen molar-refractivity contribution in [1.29, 1.82) is 5.26 Å². The maximum Gasteiger partial charge on any atom is 0.105 e. The number of rotatable bonds is 5. The van der Waals surface area contributed by atoms with Crippen LogP contribution < -0.4 is 5.32 Å². The number of hydrogen-bond donors (Lipinski definition) is 1. The summed E-state index contributed by atoms with van der Waals surface area (Å²) >= 11 is 0. The van der Waals surface area contributed by atoms with E-state index >= 15 is 0 Å². The van der Waals surface area contributed by atoms with Crippen LogP contribution in [0.2, 0.25) is 0 Å². The van der Waals surface area contributed by atoms with Gasteiger partial charge in [-0.3, -0.25) is 0 Å². The van der Waals surface area contributed by atoms with Crippen LogP contribution in [0, 0.1) is 11.3 Å². The van der Waals surface area contributed by atoms with Crippen LogP contribution in [0.1, 0.15) is 16.9 Å². The Labute approximate surface area is 101 Å². The Hall–Kier alpha value is -2.05. The summed E-state index contributed by atoms with van der Waals surface area (Å²) in [6.07, 6.45) is 2.58. The summed E-state index contributed by atoms with van der Waals surface area (Å²) in [4.78, 5) is 0. The highest BCUT2D eigenvalue weighted by Crippen LogP contribution is 2.03. The molecule has 0 unspecified atom stereocenters. The van der Waals surface area contributed by atoms with Crippen LogP contribution in [0.25, 0.3) is 0 Å². The standard InChI is InChI=1S/C14H14N2O/c15-10-12-3-5-13(6-4-12)11-16-8-7-14-2-1-9-17-14/h1-6,9,16H,7-8,11H2. The second-order valence-electron chi connectivity index (χ2n) is 3.81. The lowest BCUT2D eigenvalue weighted by atomic mass is 10.1. The molecular formula is C14H14N2O. The molecule has 86 valence electrons. The van der Waals surface area contributed by atoms with Crippen molar-refractivity contribution in [2.45, 2.75) is 13.0 Å². The molecule has 0 saturated heterocycles. The predicted octanol–water partition coefficient (Wildman–Crippen LogP) is 2.48. The summed E-state index contributed by atoms with van der Waals surface area (Å²) in [7, 11) is 0. The van der Waals surface area contributed by atoms with E-state index in [0.29, 0.717) is 5.56 Å². The number of hydrogen-bond acceptors (Lipinski definition) is 3. The Morgan fingerprint density at radius 2 is 2.00 bits per heavy atom. The lowest BCUT2D eigenvalue weighted by molar-refractivity contribution is 0.499. The molecule has 0 amide bonds. The van der Waals surface area contributed by atoms with Crippen LogP contribution in [-0.2, 0) is 13.0 Å². The molecule has 1 aromatic heterocycles. The summed E-state index contributed by atoms with van der Waals surface area (Å²) in [6.45, 7) is 1.69. The molecule has 3 heteroatoms. The monoisotopic (exact) mass is 226 g/mol. The molecule has 17 heavy (non-hydrogen) atoms. The molecule has 2 aromatic rings. The lowest BCUT2D eigenvalue weighted by Gasteiger charge is -2.03. The average Bonchev–Trinajstić information content (AvgIpc) is 2.88. The van der Waals surface area contributed by atoms with Crippen LogP contribution >= 0.6 is 0 Å². The zero-order valence-corrected chi connectivity index (χ0v) is 9.52. The van der Waals surface area contributed by atoms with Gasteiger partial charge < -0.3 is 9.73 Å². The Morgan fingerprint density at radius 3 is 2.65 bits per heavy atom. The molecule has 0 aliphatic rings. The third-order valence-electron chi connectivity index (χ3n) is 2.54. The van der Waals surface area contributed by atoms with Gasteiger partial charge in [0.1, 0.15) is 5.76 Å². The van der Waals surface area contributed by atoms with Crippen molar-refractivity contribution in [2.24, 2.45) is 0 Å². The summed E-state index contributed by atoms with van der Waals surface area (Å²) in [5.74, 6) is 0.998. The molecule has 0 radical (unpaired) electrons. The first-order valence-corrected chi connectivity index (χ1v) is 5.60. The van der Waals surface area contributed by atoms with Gasteiger partial charge in [-0.1, -0.05) is 12.1 Å². The van der Waals surface area contributed by atoms with Crippen molar-refractivity contribution >= 4 is 0 Å². The molecule has 1 aromatic carbocycles. The van der Waals surface area contributed by atoms with E-state index in [2.05, 4.69) is 11.4 Å². The van der Waals surface area contributed by atoms with Crippen LogP contribution in [-0.4, -0.2) is 6.54 Å². The predicted molar refractivity (Wildman–Crippen MR) is 65.3 cm³/mol. The highest BCUT2D eigenvalue weighted by Gasteiger charge is 1.96. The molecule has 1 N–H and O–H groups in total. The van der Waals surface area contributed by atoms with Gasteiger partial charge in [-0.05, 0) is 29.8 Å². The molecule has 3 nitrogen and oxygen atoms in total. The van der Waals surface area contributed by atoms with Gasteiger partial charge in [-0.25, -0.2) is 0 Å². The molecule has 0 spiro atoms. The topological polar surface area (TPSA) is 49.0 Å². The third-order valence-corrected chi connectivity index (χ3v) is 2.54. The molecule has 0 fully saturated rings. The minimum atomic E-state index is 0.698. The van der Waals surface area contributed by atoms with Crippen molar-refractivity contribution in [3.05, 3.63) is 59.5 Å². The molecule has 0 aliphatic heterocycles. The fourth-order valence-corrected chi connectivity index (χ4v) is 1.60. The Morgan fingerprint density at radius 1 is 1.18 bits per heavy atom. The molecule has 1 heterocycles. The van der Waals surface area contributed by atoms with E-state index in [1.165, 1.54) is 5.56 Å². The normalized spacial score (nSPS) is 10.1. The first kappa shape index (κ1) is 11.4. The van der Waals surface area contributed by atoms with E-state index in [0.717, 1.165) is 25.3 Å². The van der Waals surface area contributed by atoms with Gasteiger partial charge in [0.25, 0.3) is 0 Å². The van der Waals surface area contributed by atoms with Crippen LogP contribution in [0.3, 0.4) is 0 Å². The van der Waals surface area contributed by atoms with Crippen molar-refractivity contribution in [2.75, 3.05) is 6.54 Å². The third kappa shape index (κ3) is 3.47. The highest BCUT2D eigenvalue weighted by atomic mass is 16.3. The maximum absolute atomic E-state index is 8.67. The van der Waals surface area contributed by atoms with Gasteiger partial charge in [0, 0.05) is 19.5 Å². The lowest BCUT2D eigenvalue weighted by Crippen LogP contribution is -2.16. The van der Waals surface area contributed by atoms with Crippen molar-refractivity contribution in [3.63, 3.8) is 0 Å². The number of benzene rings is 1. The summed E-state index contributed by atoms with van der Waals surface area (Å²) < 4.78 is 5.24. The average molecular weight is 226 g/mol. The smallest absolute Gasteiger partial charge is 0.105 e. The maximum atomic E-state index is 8.67. The van der Waals surface area contributed by atoms with Gasteiger partial charge in [0.15, 0.2) is 0 Å². The SMILES string of the molecule is N#Cc1ccc(CNCCc2ccco2)cc1. The zero-order chi connectivity index (χ0) is 11.9. The minimum absolute atomic E-state index is 0.698. The van der Waals surface area contributed by atoms with Gasteiger partial charge in [-0.15, -0.1) is 0 Å². The van der Waals surface area contributed by atoms with E-state index in [9.17, 15) is 0 Å². The number of furan rings is 1. The van der Waals surface area contributed by atoms with Crippen LogP contribution in [0.4, 0.5) is 0 Å². The molecule has 0 bridgehead atoms. The van der Waals surface area contributed by atoms with E-state index in [1.807, 2.05) is 36.4 Å². The van der Waals surface area contributed by atoms with Crippen molar-refractivity contribution in [1.82, 2.24) is 5.32 Å². The number of nitrogens with zero attached hydrogens (tertiary/aromatic N) is 1. The number of nitrogens with one attached hydrogen (secondary N) is 1. The largest absolute Gasteiger partial charge is 0.469 e. The Balaban J connectivity index is 1.73. The summed E-state index contributed by atoms with van der Waals surface area (Å²) in [5.41, 5.74) is 1.88. The fourth-order valence-electron chi connectivity index (χ4n) is 1.60. The van der Waals surface area contributed by atoms with E-state index < -0.39 is 0 Å². The fraction of sp³-hybridized carbons (Fsp3) is 0.214. The summed E-state index contributed by atoms with van der Waals surface area (Å²) in [5, 5.41) is 12.0. The second-order valence-corrected chi connectivity index (χ2v) is 3.81. The number of nitriles is 1. The van der Waals surface area contributed by atoms with E-state index in [-0.39, 0.29) is 0 Å². The van der Waals surface area contributed by atoms with Crippen molar-refractivity contribution < 1.29 is 4.42 Å². The second kappa shape index (κ2) is 5.88. The molecule has 2 rings (SSSR count). The molecular weight excluding hydrogens is 212 g/mol. The zero-order valence-electron chi connectivity index (χ0n) is 9.52. The van der Waals surface area contributed by atoms with Gasteiger partial charge in [-0.2, -0.15) is 5.26 Å². The minimum Gasteiger partial charge on any atom is -0.469 e. The quantitative estimate of drug-likeness (QED) is 0.797. The summed E-state index contributed by atoms with van der Waals surface area (Å²) in [6, 6.07) is 13.6. The van der Waals surface area contributed by atoms with Gasteiger partial charge in [0.2, 0.25) is 0 Å². The Bertz CT molecular complexity index is 480. The first-order chi connectivity index (χ1) is 8.38. The first-order valence-electron chi connectivity index (χ1n) is 5.60. The van der Waals surface area contributed by atoms with Gasteiger partial charge in [0.05, 0.1) is 17.9 Å². The molecule has 0 aliphatic carbocycles. The van der Waals surface area contributed by atoms with Crippen molar-refractivity contribution in [3.8, 4) is 6.07 Å². The van der Waals surface area contributed by atoms with Crippen LogP contribution in [0.15, 0.2) is 47.1 Å². The van der Waals surface area contributed by atoms with Gasteiger partial charge >= 0.3 is 0 Å². The highest BCUT2D eigenvalue weighted by molar-refractivity contribution is 5.31. The van der Waals surface area contributed by atoms with E-state index in [1.54, 1.807) is 6.26 Å². The van der Waals surface area contributed by atoms with Crippen LogP contribution in [0.5, 0.6) is 0 Å².